The molecule has 1 heterocycles. The molecule has 156 valence electrons. The number of Topliss-reactive ketones (excluding diaryl/α,β-unsaturated/α-hetero) is 1. The molecule has 0 amide bonds. The number of carboxylic acid groups (broad SMARTS) is 1. The van der Waals surface area contributed by atoms with Crippen molar-refractivity contribution in [2.45, 2.75) is 37.4 Å². The lowest BCUT2D eigenvalue weighted by Crippen LogP contribution is -2.18. The number of aliphatic hydroxyl groups is 1. The summed E-state index contributed by atoms with van der Waals surface area (Å²) in [6, 6.07) is 8.23. The summed E-state index contributed by atoms with van der Waals surface area (Å²) in [5.74, 6) is 2.00. The van der Waals surface area contributed by atoms with Gasteiger partial charge in [0.2, 0.25) is 0 Å². The predicted octanol–water partition coefficient (Wildman–Crippen LogP) is 5.56. The van der Waals surface area contributed by atoms with Crippen molar-refractivity contribution in [2.24, 2.45) is 5.92 Å². The predicted molar refractivity (Wildman–Crippen MR) is 124 cm³/mol. The number of ketones is 1. The van der Waals surface area contributed by atoms with Crippen LogP contribution in [0.15, 0.2) is 41.5 Å². The number of aliphatic carboxylic acids is 1. The van der Waals surface area contributed by atoms with E-state index in [1.165, 1.54) is 21.8 Å². The van der Waals surface area contributed by atoms with Crippen molar-refractivity contribution < 1.29 is 19.8 Å². The summed E-state index contributed by atoms with van der Waals surface area (Å²) in [6.45, 7) is 0. The van der Waals surface area contributed by atoms with Crippen molar-refractivity contribution in [1.82, 2.24) is 0 Å². The fourth-order valence-corrected chi connectivity index (χ4v) is 6.81. The number of allylic oxidation sites excluding steroid dienone is 2. The molecule has 1 aromatic carbocycles. The van der Waals surface area contributed by atoms with E-state index >= 15 is 0 Å². The fraction of sp³-hybridized carbons (Fsp3) is 0.455. The number of benzene rings is 1. The zero-order chi connectivity index (χ0) is 20.6. The lowest BCUT2D eigenvalue weighted by molar-refractivity contribution is -0.133. The van der Waals surface area contributed by atoms with E-state index in [9.17, 15) is 14.7 Å². The fourth-order valence-electron chi connectivity index (χ4n) is 3.61. The molecule has 0 radical (unpaired) electrons. The third-order valence-electron chi connectivity index (χ3n) is 5.05. The molecule has 7 heteroatoms. The Hall–Kier alpha value is -1.44. The number of fused-ring (bicyclic) bond motifs is 1. The van der Waals surface area contributed by atoms with E-state index in [-0.39, 0.29) is 16.9 Å². The summed E-state index contributed by atoms with van der Waals surface area (Å²) >= 11 is 4.82. The number of carbonyl (C=O) groups excluding carboxylic acids is 1. The van der Waals surface area contributed by atoms with Gasteiger partial charge in [0.15, 0.2) is 0 Å². The van der Waals surface area contributed by atoms with Gasteiger partial charge in [-0.15, -0.1) is 11.3 Å². The molecule has 0 bridgehead atoms. The molecule has 2 atom stereocenters. The van der Waals surface area contributed by atoms with Crippen molar-refractivity contribution in [3.63, 3.8) is 0 Å². The van der Waals surface area contributed by atoms with Gasteiger partial charge in [-0.1, -0.05) is 18.2 Å². The van der Waals surface area contributed by atoms with E-state index < -0.39 is 5.97 Å². The molecule has 29 heavy (non-hydrogen) atoms. The highest BCUT2D eigenvalue weighted by Gasteiger charge is 2.34. The van der Waals surface area contributed by atoms with Crippen molar-refractivity contribution in [3.8, 4) is 0 Å². The van der Waals surface area contributed by atoms with E-state index in [0.717, 1.165) is 36.3 Å². The van der Waals surface area contributed by atoms with Crippen LogP contribution in [0, 0.1) is 5.92 Å². The number of thiophene rings is 1. The van der Waals surface area contributed by atoms with Gasteiger partial charge in [-0.2, -0.15) is 23.5 Å². The Morgan fingerprint density at radius 2 is 2.07 bits per heavy atom. The normalized spacial score (nSPS) is 19.9. The Kier molecular flexibility index (Phi) is 8.51. The Labute approximate surface area is 183 Å². The molecule has 0 aliphatic heterocycles. The van der Waals surface area contributed by atoms with Gasteiger partial charge in [-0.3, -0.25) is 9.59 Å². The van der Waals surface area contributed by atoms with Crippen LogP contribution in [-0.2, 0) is 16.0 Å². The van der Waals surface area contributed by atoms with Gasteiger partial charge in [0.25, 0.3) is 0 Å². The molecule has 0 saturated heterocycles. The first-order valence-corrected chi connectivity index (χ1v) is 12.9. The molecule has 1 fully saturated rings. The molecule has 1 saturated carbocycles. The number of thioether (sulfide) groups is 2. The van der Waals surface area contributed by atoms with Crippen molar-refractivity contribution in [1.29, 1.82) is 0 Å². The van der Waals surface area contributed by atoms with Crippen molar-refractivity contribution in [2.75, 3.05) is 17.3 Å². The maximum absolute atomic E-state index is 12.3. The summed E-state index contributed by atoms with van der Waals surface area (Å²) in [4.78, 5) is 22.8. The van der Waals surface area contributed by atoms with Crippen LogP contribution in [0.1, 0.15) is 31.2 Å². The third kappa shape index (κ3) is 6.52. The third-order valence-corrected chi connectivity index (χ3v) is 8.62. The number of carboxylic acids is 1. The molecule has 4 nitrogen and oxygen atoms in total. The van der Waals surface area contributed by atoms with Gasteiger partial charge in [0.05, 0.1) is 16.8 Å². The van der Waals surface area contributed by atoms with Crippen LogP contribution in [0.2, 0.25) is 0 Å². The minimum atomic E-state index is -0.782. The maximum Gasteiger partial charge on any atom is 0.313 e. The summed E-state index contributed by atoms with van der Waals surface area (Å²) in [5, 5.41) is 22.4. The smallest absolute Gasteiger partial charge is 0.313 e. The Morgan fingerprint density at radius 1 is 1.24 bits per heavy atom. The molecule has 1 aliphatic rings. The molecule has 0 spiro atoms. The lowest BCUT2D eigenvalue weighted by Gasteiger charge is -2.16. The lowest BCUT2D eigenvalue weighted by atomic mass is 10.0. The van der Waals surface area contributed by atoms with Gasteiger partial charge in [0.1, 0.15) is 5.78 Å². The first-order valence-electron chi connectivity index (χ1n) is 9.81. The Bertz CT molecular complexity index is 874. The molecule has 2 aromatic rings. The molecular formula is C22H26O4S3. The number of aliphatic hydroxyl groups excluding tert-OH is 1. The van der Waals surface area contributed by atoms with Crippen molar-refractivity contribution in [3.05, 3.63) is 47.0 Å². The van der Waals surface area contributed by atoms with E-state index in [4.69, 9.17) is 5.11 Å². The van der Waals surface area contributed by atoms with Crippen LogP contribution in [0.5, 0.6) is 0 Å². The number of hydrogen-bond donors (Lipinski definition) is 2. The molecule has 2 unspecified atom stereocenters. The first kappa shape index (κ1) is 22.2. The summed E-state index contributed by atoms with van der Waals surface area (Å²) in [5.41, 5.74) is 1.15. The van der Waals surface area contributed by atoms with E-state index in [0.29, 0.717) is 24.4 Å². The van der Waals surface area contributed by atoms with Gasteiger partial charge in [-0.05, 0) is 65.2 Å². The van der Waals surface area contributed by atoms with Crippen LogP contribution in [0.3, 0.4) is 0 Å². The molecule has 3 rings (SSSR count). The Balaban J connectivity index is 1.47. The second-order valence-corrected chi connectivity index (χ2v) is 10.5. The zero-order valence-electron chi connectivity index (χ0n) is 16.2. The monoisotopic (exact) mass is 450 g/mol. The summed E-state index contributed by atoms with van der Waals surface area (Å²) in [6.07, 6.45) is 5.57. The molecule has 1 aromatic heterocycles. The van der Waals surface area contributed by atoms with Crippen LogP contribution >= 0.6 is 34.9 Å². The number of hydrogen-bond acceptors (Lipinski definition) is 6. The minimum Gasteiger partial charge on any atom is -0.512 e. The topological polar surface area (TPSA) is 74.6 Å². The molecule has 2 N–H and O–H groups in total. The summed E-state index contributed by atoms with van der Waals surface area (Å²) < 4.78 is 1.23. The highest BCUT2D eigenvalue weighted by atomic mass is 32.2. The van der Waals surface area contributed by atoms with Crippen LogP contribution in [0.25, 0.3) is 10.1 Å². The van der Waals surface area contributed by atoms with Crippen molar-refractivity contribution >= 4 is 56.7 Å². The van der Waals surface area contributed by atoms with Gasteiger partial charge < -0.3 is 10.2 Å². The molecule has 1 aliphatic carbocycles. The minimum absolute atomic E-state index is 0.00509. The summed E-state index contributed by atoms with van der Waals surface area (Å²) in [7, 11) is 0. The largest absolute Gasteiger partial charge is 0.512 e. The van der Waals surface area contributed by atoms with Crippen LogP contribution in [0.4, 0.5) is 0 Å². The van der Waals surface area contributed by atoms with Gasteiger partial charge >= 0.3 is 5.97 Å². The number of rotatable bonds is 11. The highest BCUT2D eigenvalue weighted by Crippen LogP contribution is 2.36. The van der Waals surface area contributed by atoms with Gasteiger partial charge in [-0.25, -0.2) is 0 Å². The quantitative estimate of drug-likeness (QED) is 0.345. The zero-order valence-corrected chi connectivity index (χ0v) is 18.7. The van der Waals surface area contributed by atoms with E-state index in [1.54, 1.807) is 23.1 Å². The number of carbonyl (C=O) groups is 2. The Morgan fingerprint density at radius 3 is 2.90 bits per heavy atom. The second-order valence-electron chi connectivity index (χ2n) is 7.22. The average molecular weight is 451 g/mol. The second kappa shape index (κ2) is 11.1. The molecular weight excluding hydrogens is 424 g/mol. The maximum atomic E-state index is 12.3. The van der Waals surface area contributed by atoms with E-state index in [1.807, 2.05) is 18.2 Å². The highest BCUT2D eigenvalue weighted by molar-refractivity contribution is 8.01. The van der Waals surface area contributed by atoms with Crippen LogP contribution in [-0.4, -0.2) is 44.5 Å². The standard InChI is InChI=1S/C22H26O4S3/c23-17(12-16-13-29-20-5-2-1-4-18(16)20)8-6-15-7-9-19(24)22(15)28-11-3-10-27-14-21(25)26/h1-2,4-5,8,13,15,22-23H,3,6-7,9-12,14H2,(H,25,26). The SMILES string of the molecule is O=C(O)CSCCCSC1C(=O)CCC1CC=C(O)Cc1csc2ccccc12. The first-order chi connectivity index (χ1) is 14.0. The van der Waals surface area contributed by atoms with Crippen LogP contribution < -0.4 is 0 Å². The van der Waals surface area contributed by atoms with Gasteiger partial charge in [0, 0.05) is 17.5 Å². The van der Waals surface area contributed by atoms with E-state index in [2.05, 4.69) is 17.5 Å². The average Bonchev–Trinajstić information content (AvgIpc) is 3.26.